The van der Waals surface area contributed by atoms with E-state index in [9.17, 15) is 14.9 Å². The van der Waals surface area contributed by atoms with E-state index in [1.807, 2.05) is 6.92 Å². The average molecular weight is 294 g/mol. The second-order valence-electron chi connectivity index (χ2n) is 5.48. The molecule has 0 saturated carbocycles. The van der Waals surface area contributed by atoms with Crippen molar-refractivity contribution >= 4 is 11.7 Å². The van der Waals surface area contributed by atoms with Crippen LogP contribution in [0.2, 0.25) is 0 Å². The molecule has 1 aromatic rings. The number of carbonyl (C=O) groups excluding carboxylic acids is 1. The maximum atomic E-state index is 12.5. The minimum absolute atomic E-state index is 0.144. The third-order valence-electron chi connectivity index (χ3n) is 3.76. The van der Waals surface area contributed by atoms with Crippen molar-refractivity contribution in [2.45, 2.75) is 26.2 Å². The number of hydrogen-bond donors (Lipinski definition) is 2. The van der Waals surface area contributed by atoms with Crippen LogP contribution in [0.4, 0.5) is 5.82 Å². The molecule has 0 radical (unpaired) electrons. The van der Waals surface area contributed by atoms with E-state index in [0.717, 1.165) is 32.4 Å². The molecule has 1 aliphatic rings. The van der Waals surface area contributed by atoms with Crippen LogP contribution >= 0.6 is 0 Å². The largest absolute Gasteiger partial charge is 0.358 e. The predicted octanol–water partition coefficient (Wildman–Crippen LogP) is 1.77. The molecule has 1 aromatic heterocycles. The van der Waals surface area contributed by atoms with Gasteiger partial charge < -0.3 is 20.3 Å². The number of carbonyl (C=O) groups is 1. The summed E-state index contributed by atoms with van der Waals surface area (Å²) in [7, 11) is 0. The molecule has 1 amide bonds. The zero-order valence-electron chi connectivity index (χ0n) is 12.3. The van der Waals surface area contributed by atoms with Crippen LogP contribution < -0.4 is 5.32 Å². The lowest BCUT2D eigenvalue weighted by atomic mass is 9.99. The second-order valence-corrected chi connectivity index (χ2v) is 5.48. The van der Waals surface area contributed by atoms with Crippen LogP contribution in [0.3, 0.4) is 0 Å². The first-order chi connectivity index (χ1) is 10.1. The van der Waals surface area contributed by atoms with Crippen LogP contribution in [0.1, 0.15) is 36.7 Å². The summed E-state index contributed by atoms with van der Waals surface area (Å²) in [6.07, 6.45) is 3.12. The van der Waals surface area contributed by atoms with Gasteiger partial charge in [0.25, 0.3) is 5.91 Å². The first-order valence-electron chi connectivity index (χ1n) is 7.45. The van der Waals surface area contributed by atoms with E-state index in [2.05, 4.69) is 10.3 Å². The van der Waals surface area contributed by atoms with Gasteiger partial charge in [-0.3, -0.25) is 4.79 Å². The molecule has 1 fully saturated rings. The summed E-state index contributed by atoms with van der Waals surface area (Å²) < 4.78 is 0. The van der Waals surface area contributed by atoms with E-state index in [1.54, 1.807) is 4.90 Å². The molecule has 2 N–H and O–H groups in total. The van der Waals surface area contributed by atoms with Crippen molar-refractivity contribution in [3.63, 3.8) is 0 Å². The van der Waals surface area contributed by atoms with Crippen molar-refractivity contribution in [1.29, 1.82) is 0 Å². The van der Waals surface area contributed by atoms with E-state index < -0.39 is 4.92 Å². The van der Waals surface area contributed by atoms with Gasteiger partial charge in [-0.2, -0.15) is 0 Å². The molecular formula is C14H22N4O3. The zero-order valence-corrected chi connectivity index (χ0v) is 12.3. The van der Waals surface area contributed by atoms with Gasteiger partial charge in [-0.05, 0) is 49.3 Å². The Hall–Kier alpha value is -1.89. The molecule has 116 valence electrons. The maximum Gasteiger partial charge on any atom is 0.321 e. The smallest absolute Gasteiger partial charge is 0.321 e. The van der Waals surface area contributed by atoms with E-state index in [0.29, 0.717) is 24.7 Å². The van der Waals surface area contributed by atoms with Crippen molar-refractivity contribution in [2.75, 3.05) is 26.2 Å². The number of nitrogens with one attached hydrogen (secondary N) is 2. The number of nitrogens with zero attached hydrogens (tertiary/aromatic N) is 2. The lowest BCUT2D eigenvalue weighted by Crippen LogP contribution is -2.41. The highest BCUT2D eigenvalue weighted by molar-refractivity contribution is 5.92. The van der Waals surface area contributed by atoms with Crippen LogP contribution in [-0.4, -0.2) is 46.9 Å². The quantitative estimate of drug-likeness (QED) is 0.618. The number of aromatic amines is 1. The predicted molar refractivity (Wildman–Crippen MR) is 79.2 cm³/mol. The number of H-pyrrole nitrogens is 1. The van der Waals surface area contributed by atoms with Gasteiger partial charge in [-0.15, -0.1) is 0 Å². The highest BCUT2D eigenvalue weighted by Crippen LogP contribution is 2.16. The van der Waals surface area contributed by atoms with Crippen LogP contribution in [0, 0.1) is 16.0 Å². The Morgan fingerprint density at radius 1 is 1.52 bits per heavy atom. The fourth-order valence-corrected chi connectivity index (χ4v) is 2.72. The fraction of sp³-hybridized carbons (Fsp3) is 0.643. The highest BCUT2D eigenvalue weighted by Gasteiger charge is 2.24. The normalized spacial score (nSPS) is 18.4. The molecule has 1 aliphatic heterocycles. The second kappa shape index (κ2) is 7.21. The first-order valence-corrected chi connectivity index (χ1v) is 7.45. The third-order valence-corrected chi connectivity index (χ3v) is 3.76. The zero-order chi connectivity index (χ0) is 15.2. The summed E-state index contributed by atoms with van der Waals surface area (Å²) in [4.78, 5) is 27.0. The molecule has 0 aliphatic carbocycles. The van der Waals surface area contributed by atoms with Crippen LogP contribution in [0.15, 0.2) is 12.1 Å². The summed E-state index contributed by atoms with van der Waals surface area (Å²) in [5, 5.41) is 14.0. The molecule has 1 unspecified atom stereocenters. The summed E-state index contributed by atoms with van der Waals surface area (Å²) in [6.45, 7) is 5.37. The summed E-state index contributed by atoms with van der Waals surface area (Å²) in [6, 6.07) is 2.82. The minimum atomic E-state index is -0.522. The lowest BCUT2D eigenvalue weighted by molar-refractivity contribution is -0.389. The molecule has 7 heteroatoms. The summed E-state index contributed by atoms with van der Waals surface area (Å²) in [5.74, 6) is 0.156. The Bertz CT molecular complexity index is 494. The van der Waals surface area contributed by atoms with E-state index >= 15 is 0 Å². The Morgan fingerprint density at radius 2 is 2.33 bits per heavy atom. The molecule has 1 saturated heterocycles. The number of piperidine rings is 1. The lowest BCUT2D eigenvalue weighted by Gasteiger charge is -2.29. The summed E-state index contributed by atoms with van der Waals surface area (Å²) >= 11 is 0. The van der Waals surface area contributed by atoms with Crippen molar-refractivity contribution in [3.8, 4) is 0 Å². The van der Waals surface area contributed by atoms with Crippen LogP contribution in [-0.2, 0) is 0 Å². The molecule has 1 atom stereocenters. The van der Waals surface area contributed by atoms with Gasteiger partial charge in [0, 0.05) is 19.2 Å². The van der Waals surface area contributed by atoms with Gasteiger partial charge in [0.1, 0.15) is 0 Å². The molecule has 2 rings (SSSR count). The van der Waals surface area contributed by atoms with Gasteiger partial charge in [-0.25, -0.2) is 4.98 Å². The number of aromatic nitrogens is 1. The van der Waals surface area contributed by atoms with E-state index in [1.165, 1.54) is 12.1 Å². The average Bonchev–Trinajstić information content (AvgIpc) is 2.97. The van der Waals surface area contributed by atoms with Crippen molar-refractivity contribution < 1.29 is 9.72 Å². The van der Waals surface area contributed by atoms with Gasteiger partial charge in [0.2, 0.25) is 0 Å². The van der Waals surface area contributed by atoms with Crippen molar-refractivity contribution in [1.82, 2.24) is 15.2 Å². The Balaban J connectivity index is 2.04. The van der Waals surface area contributed by atoms with Gasteiger partial charge in [-0.1, -0.05) is 6.92 Å². The standard InChI is InChI=1S/C14H22N4O3/c1-2-8-17(10-11-4-3-7-15-9-11)14(19)12-5-6-13(16-12)18(20)21/h5-6,11,15-16H,2-4,7-10H2,1H3. The molecule has 0 spiro atoms. The maximum absolute atomic E-state index is 12.5. The number of rotatable bonds is 6. The number of nitro groups is 1. The molecular weight excluding hydrogens is 272 g/mol. The van der Waals surface area contributed by atoms with E-state index in [4.69, 9.17) is 0 Å². The van der Waals surface area contributed by atoms with E-state index in [-0.39, 0.29) is 11.7 Å². The fourth-order valence-electron chi connectivity index (χ4n) is 2.72. The monoisotopic (exact) mass is 294 g/mol. The van der Waals surface area contributed by atoms with Gasteiger partial charge >= 0.3 is 5.82 Å². The molecule has 2 heterocycles. The van der Waals surface area contributed by atoms with Crippen LogP contribution in [0.5, 0.6) is 0 Å². The molecule has 0 aromatic carbocycles. The van der Waals surface area contributed by atoms with Crippen LogP contribution in [0.25, 0.3) is 0 Å². The molecule has 21 heavy (non-hydrogen) atoms. The first kappa shape index (κ1) is 15.5. The highest BCUT2D eigenvalue weighted by atomic mass is 16.6. The topological polar surface area (TPSA) is 91.3 Å². The Morgan fingerprint density at radius 3 is 2.90 bits per heavy atom. The van der Waals surface area contributed by atoms with Gasteiger partial charge in [0.15, 0.2) is 5.69 Å². The SMILES string of the molecule is CCCN(CC1CCCNC1)C(=O)c1ccc([N+](=O)[O-])[nH]1. The van der Waals surface area contributed by atoms with Gasteiger partial charge in [0.05, 0.1) is 0 Å². The van der Waals surface area contributed by atoms with Crippen molar-refractivity contribution in [2.24, 2.45) is 5.92 Å². The number of hydrogen-bond acceptors (Lipinski definition) is 4. The Kier molecular flexibility index (Phi) is 5.32. The molecule has 0 bridgehead atoms. The van der Waals surface area contributed by atoms with Crippen molar-refractivity contribution in [3.05, 3.63) is 27.9 Å². The third kappa shape index (κ3) is 4.04. The number of amides is 1. The molecule has 7 nitrogen and oxygen atoms in total. The minimum Gasteiger partial charge on any atom is -0.358 e. The Labute approximate surface area is 123 Å². The summed E-state index contributed by atoms with van der Waals surface area (Å²) in [5.41, 5.74) is 0.291.